The van der Waals surface area contributed by atoms with E-state index >= 15 is 0 Å². The van der Waals surface area contributed by atoms with Gasteiger partial charge in [0, 0.05) is 18.3 Å². The van der Waals surface area contributed by atoms with E-state index in [1.54, 1.807) is 6.33 Å². The standard InChI is InChI=1S/C15H20N4O2/c1-15(2)20-8-11(9-21-15)17-13-7-5-4-6-12(13)14-18-16-10-19(14)3/h4-7,10-11,17H,8-9H2,1-3H3. The van der Waals surface area contributed by atoms with Crippen molar-refractivity contribution in [3.05, 3.63) is 30.6 Å². The summed E-state index contributed by atoms with van der Waals surface area (Å²) in [7, 11) is 1.93. The molecule has 6 heteroatoms. The Morgan fingerprint density at radius 3 is 2.62 bits per heavy atom. The van der Waals surface area contributed by atoms with E-state index in [4.69, 9.17) is 9.47 Å². The van der Waals surface area contributed by atoms with Gasteiger partial charge in [0.25, 0.3) is 0 Å². The third-order valence-electron chi connectivity index (χ3n) is 3.50. The van der Waals surface area contributed by atoms with E-state index in [2.05, 4.69) is 15.5 Å². The topological polar surface area (TPSA) is 61.2 Å². The van der Waals surface area contributed by atoms with Crippen molar-refractivity contribution in [1.82, 2.24) is 14.8 Å². The second kappa shape index (κ2) is 5.46. The molecule has 2 heterocycles. The predicted octanol–water partition coefficient (Wildman–Crippen LogP) is 2.05. The van der Waals surface area contributed by atoms with Gasteiger partial charge in [0.05, 0.1) is 19.3 Å². The smallest absolute Gasteiger partial charge is 0.165 e. The first-order chi connectivity index (χ1) is 10.1. The minimum Gasteiger partial charge on any atom is -0.377 e. The summed E-state index contributed by atoms with van der Waals surface area (Å²) in [6, 6.07) is 8.17. The van der Waals surface area contributed by atoms with E-state index in [0.717, 1.165) is 17.1 Å². The first-order valence-corrected chi connectivity index (χ1v) is 7.03. The van der Waals surface area contributed by atoms with Gasteiger partial charge in [-0.15, -0.1) is 10.2 Å². The molecular formula is C15H20N4O2. The molecule has 0 bridgehead atoms. The van der Waals surface area contributed by atoms with Gasteiger partial charge in [-0.1, -0.05) is 12.1 Å². The van der Waals surface area contributed by atoms with Crippen LogP contribution in [0.2, 0.25) is 0 Å². The van der Waals surface area contributed by atoms with Crippen LogP contribution in [0.5, 0.6) is 0 Å². The fraction of sp³-hybridized carbons (Fsp3) is 0.467. The number of nitrogens with zero attached hydrogens (tertiary/aromatic N) is 3. The number of nitrogens with one attached hydrogen (secondary N) is 1. The largest absolute Gasteiger partial charge is 0.377 e. The number of anilines is 1. The van der Waals surface area contributed by atoms with Crippen molar-refractivity contribution in [2.24, 2.45) is 7.05 Å². The van der Waals surface area contributed by atoms with Gasteiger partial charge in [-0.2, -0.15) is 0 Å². The molecule has 0 saturated carbocycles. The van der Waals surface area contributed by atoms with Crippen molar-refractivity contribution >= 4 is 5.69 Å². The molecular weight excluding hydrogens is 268 g/mol. The predicted molar refractivity (Wildman–Crippen MR) is 79.8 cm³/mol. The van der Waals surface area contributed by atoms with Gasteiger partial charge in [0.2, 0.25) is 0 Å². The SMILES string of the molecule is Cn1cnnc1-c1ccccc1NC1COC(C)(C)OC1. The maximum absolute atomic E-state index is 5.69. The summed E-state index contributed by atoms with van der Waals surface area (Å²) < 4.78 is 13.3. The van der Waals surface area contributed by atoms with Crippen LogP contribution in [0.1, 0.15) is 13.8 Å². The van der Waals surface area contributed by atoms with Crippen molar-refractivity contribution in [3.8, 4) is 11.4 Å². The van der Waals surface area contributed by atoms with Crippen molar-refractivity contribution in [3.63, 3.8) is 0 Å². The molecule has 0 aliphatic carbocycles. The van der Waals surface area contributed by atoms with Crippen LogP contribution in [0, 0.1) is 0 Å². The Bertz CT molecular complexity index is 614. The van der Waals surface area contributed by atoms with E-state index in [-0.39, 0.29) is 6.04 Å². The molecule has 1 aliphatic heterocycles. The molecule has 3 rings (SSSR count). The summed E-state index contributed by atoms with van der Waals surface area (Å²) in [5.41, 5.74) is 2.02. The van der Waals surface area contributed by atoms with E-state index in [1.807, 2.05) is 49.7 Å². The van der Waals surface area contributed by atoms with Crippen molar-refractivity contribution < 1.29 is 9.47 Å². The summed E-state index contributed by atoms with van der Waals surface area (Å²) >= 11 is 0. The zero-order valence-electron chi connectivity index (χ0n) is 12.5. The first-order valence-electron chi connectivity index (χ1n) is 7.03. The molecule has 6 nitrogen and oxygen atoms in total. The number of benzene rings is 1. The lowest BCUT2D eigenvalue weighted by atomic mass is 10.1. The first kappa shape index (κ1) is 14.0. The third-order valence-corrected chi connectivity index (χ3v) is 3.50. The molecule has 0 atom stereocenters. The molecule has 1 fully saturated rings. The van der Waals surface area contributed by atoms with Crippen LogP contribution in [0.4, 0.5) is 5.69 Å². The highest BCUT2D eigenvalue weighted by Gasteiger charge is 2.28. The fourth-order valence-corrected chi connectivity index (χ4v) is 2.33. The van der Waals surface area contributed by atoms with E-state index < -0.39 is 5.79 Å². The average Bonchev–Trinajstić information content (AvgIpc) is 2.88. The number of rotatable bonds is 3. The number of hydrogen-bond donors (Lipinski definition) is 1. The van der Waals surface area contributed by atoms with Crippen molar-refractivity contribution in [1.29, 1.82) is 0 Å². The Kier molecular flexibility index (Phi) is 3.65. The van der Waals surface area contributed by atoms with Crippen molar-refractivity contribution in [2.45, 2.75) is 25.7 Å². The minimum absolute atomic E-state index is 0.118. The second-order valence-corrected chi connectivity index (χ2v) is 5.67. The van der Waals surface area contributed by atoms with E-state index in [1.165, 1.54) is 0 Å². The molecule has 0 spiro atoms. The molecule has 0 unspecified atom stereocenters. The third kappa shape index (κ3) is 3.06. The highest BCUT2D eigenvalue weighted by molar-refractivity contribution is 5.73. The second-order valence-electron chi connectivity index (χ2n) is 5.67. The monoisotopic (exact) mass is 288 g/mol. The van der Waals surface area contributed by atoms with Gasteiger partial charge >= 0.3 is 0 Å². The molecule has 1 aliphatic rings. The van der Waals surface area contributed by atoms with Crippen LogP contribution in [-0.2, 0) is 16.5 Å². The Morgan fingerprint density at radius 1 is 1.24 bits per heavy atom. The minimum atomic E-state index is -0.499. The lowest BCUT2D eigenvalue weighted by Gasteiger charge is -2.35. The summed E-state index contributed by atoms with van der Waals surface area (Å²) in [4.78, 5) is 0. The zero-order chi connectivity index (χ0) is 14.9. The highest BCUT2D eigenvalue weighted by atomic mass is 16.7. The Labute approximate surface area is 124 Å². The fourth-order valence-electron chi connectivity index (χ4n) is 2.33. The number of aryl methyl sites for hydroxylation is 1. The summed E-state index contributed by atoms with van der Waals surface area (Å²) in [5, 5.41) is 11.6. The van der Waals surface area contributed by atoms with E-state index in [0.29, 0.717) is 13.2 Å². The highest BCUT2D eigenvalue weighted by Crippen LogP contribution is 2.27. The van der Waals surface area contributed by atoms with Crippen LogP contribution in [0.25, 0.3) is 11.4 Å². The molecule has 0 radical (unpaired) electrons. The van der Waals surface area contributed by atoms with Gasteiger partial charge in [-0.25, -0.2) is 0 Å². The average molecular weight is 288 g/mol. The Balaban J connectivity index is 1.79. The van der Waals surface area contributed by atoms with Gasteiger partial charge in [0.1, 0.15) is 6.33 Å². The Morgan fingerprint density at radius 2 is 1.95 bits per heavy atom. The van der Waals surface area contributed by atoms with Crippen LogP contribution >= 0.6 is 0 Å². The van der Waals surface area contributed by atoms with Gasteiger partial charge in [-0.3, -0.25) is 0 Å². The number of aromatic nitrogens is 3. The number of hydrogen-bond acceptors (Lipinski definition) is 5. The maximum atomic E-state index is 5.69. The van der Waals surface area contributed by atoms with Crippen LogP contribution in [0.3, 0.4) is 0 Å². The zero-order valence-corrected chi connectivity index (χ0v) is 12.5. The lowest BCUT2D eigenvalue weighted by molar-refractivity contribution is -0.247. The van der Waals surface area contributed by atoms with Crippen molar-refractivity contribution in [2.75, 3.05) is 18.5 Å². The quantitative estimate of drug-likeness (QED) is 0.936. The molecule has 1 saturated heterocycles. The molecule has 112 valence electrons. The molecule has 1 N–H and O–H groups in total. The summed E-state index contributed by atoms with van der Waals surface area (Å²) in [6.45, 7) is 5.08. The molecule has 21 heavy (non-hydrogen) atoms. The molecule has 1 aromatic carbocycles. The number of para-hydroxylation sites is 1. The lowest BCUT2D eigenvalue weighted by Crippen LogP contribution is -2.45. The maximum Gasteiger partial charge on any atom is 0.165 e. The Hall–Kier alpha value is -1.92. The van der Waals surface area contributed by atoms with Crippen LogP contribution in [-0.4, -0.2) is 39.8 Å². The van der Waals surface area contributed by atoms with Gasteiger partial charge in [0.15, 0.2) is 11.6 Å². The molecule has 2 aromatic rings. The van der Waals surface area contributed by atoms with Crippen LogP contribution < -0.4 is 5.32 Å². The summed E-state index contributed by atoms with van der Waals surface area (Å²) in [6.07, 6.45) is 1.70. The normalized spacial score (nSPS) is 18.6. The van der Waals surface area contributed by atoms with E-state index in [9.17, 15) is 0 Å². The summed E-state index contributed by atoms with van der Waals surface area (Å²) in [5.74, 6) is 0.331. The van der Waals surface area contributed by atoms with Gasteiger partial charge in [-0.05, 0) is 26.0 Å². The number of ether oxygens (including phenoxy) is 2. The van der Waals surface area contributed by atoms with Gasteiger partial charge < -0.3 is 19.4 Å². The molecule has 0 amide bonds. The molecule has 1 aromatic heterocycles. The van der Waals surface area contributed by atoms with Crippen LogP contribution in [0.15, 0.2) is 30.6 Å².